The van der Waals surface area contributed by atoms with Gasteiger partial charge in [-0.25, -0.2) is 9.97 Å². The predicted molar refractivity (Wildman–Crippen MR) is 92.0 cm³/mol. The van der Waals surface area contributed by atoms with Crippen molar-refractivity contribution in [2.45, 2.75) is 44.2 Å². The molecule has 0 saturated carbocycles. The van der Waals surface area contributed by atoms with Crippen molar-refractivity contribution < 1.29 is 13.6 Å². The van der Waals surface area contributed by atoms with Crippen LogP contribution in [0.25, 0.3) is 11.1 Å². The zero-order chi connectivity index (χ0) is 17.1. The highest BCUT2D eigenvalue weighted by molar-refractivity contribution is 7.98. The first-order valence-electron chi connectivity index (χ1n) is 7.81. The molecular formula is C17H19N3O3S. The maximum Gasteiger partial charge on any atom is 0.273 e. The Morgan fingerprint density at radius 2 is 2.21 bits per heavy atom. The van der Waals surface area contributed by atoms with E-state index in [0.717, 1.165) is 23.1 Å². The van der Waals surface area contributed by atoms with Crippen LogP contribution in [0.2, 0.25) is 0 Å². The molecule has 1 atom stereocenters. The first-order valence-corrected chi connectivity index (χ1v) is 8.79. The molecule has 0 saturated heterocycles. The molecule has 24 heavy (non-hydrogen) atoms. The van der Waals surface area contributed by atoms with Gasteiger partial charge in [0.1, 0.15) is 11.8 Å². The maximum atomic E-state index is 12.0. The van der Waals surface area contributed by atoms with Gasteiger partial charge < -0.3 is 14.2 Å². The number of para-hydroxylation sites is 1. The van der Waals surface area contributed by atoms with Crippen LogP contribution >= 0.6 is 11.8 Å². The lowest BCUT2D eigenvalue weighted by molar-refractivity contribution is 0.0934. The number of thioether (sulfide) groups is 1. The number of aromatic nitrogens is 2. The first-order chi connectivity index (χ1) is 11.6. The molecule has 0 unspecified atom stereocenters. The molecule has 1 aromatic carbocycles. The number of hydrogen-bond donors (Lipinski definition) is 1. The highest BCUT2D eigenvalue weighted by Gasteiger charge is 2.15. The van der Waals surface area contributed by atoms with Crippen molar-refractivity contribution in [3.8, 4) is 0 Å². The molecule has 126 valence electrons. The van der Waals surface area contributed by atoms with Crippen molar-refractivity contribution in [3.63, 3.8) is 0 Å². The zero-order valence-corrected chi connectivity index (χ0v) is 14.6. The minimum Gasteiger partial charge on any atom is -0.447 e. The molecule has 0 aliphatic rings. The molecule has 1 amide bonds. The maximum absolute atomic E-state index is 12.0. The average Bonchev–Trinajstić information content (AvgIpc) is 3.20. The summed E-state index contributed by atoms with van der Waals surface area (Å²) in [6.45, 7) is 5.96. The molecule has 1 N–H and O–H groups in total. The summed E-state index contributed by atoms with van der Waals surface area (Å²) < 4.78 is 11.1. The average molecular weight is 345 g/mol. The SMILES string of the molecule is CC[C@@H](C)NC(=O)c1coc(CSc2nc3c(C)cccc3o2)n1. The van der Waals surface area contributed by atoms with Crippen LogP contribution in [0.1, 0.15) is 42.2 Å². The molecule has 0 radical (unpaired) electrons. The van der Waals surface area contributed by atoms with Crippen LogP contribution in [0.4, 0.5) is 0 Å². The second-order valence-electron chi connectivity index (χ2n) is 5.60. The molecule has 7 heteroatoms. The first kappa shape index (κ1) is 16.6. The number of amides is 1. The van der Waals surface area contributed by atoms with E-state index in [-0.39, 0.29) is 11.9 Å². The van der Waals surface area contributed by atoms with Crippen molar-refractivity contribution in [1.29, 1.82) is 0 Å². The van der Waals surface area contributed by atoms with Gasteiger partial charge in [0, 0.05) is 6.04 Å². The van der Waals surface area contributed by atoms with E-state index >= 15 is 0 Å². The van der Waals surface area contributed by atoms with E-state index in [9.17, 15) is 4.79 Å². The number of aryl methyl sites for hydroxylation is 1. The summed E-state index contributed by atoms with van der Waals surface area (Å²) in [5, 5.41) is 3.42. The van der Waals surface area contributed by atoms with Gasteiger partial charge in [-0.1, -0.05) is 30.8 Å². The summed E-state index contributed by atoms with van der Waals surface area (Å²) in [6, 6.07) is 5.93. The fraction of sp³-hybridized carbons (Fsp3) is 0.353. The third-order valence-corrected chi connectivity index (χ3v) is 4.51. The van der Waals surface area contributed by atoms with Crippen LogP contribution in [-0.4, -0.2) is 21.9 Å². The molecule has 0 fully saturated rings. The lowest BCUT2D eigenvalue weighted by Crippen LogP contribution is -2.32. The molecule has 0 bridgehead atoms. The van der Waals surface area contributed by atoms with Crippen molar-refractivity contribution >= 4 is 28.8 Å². The lowest BCUT2D eigenvalue weighted by Gasteiger charge is -2.08. The van der Waals surface area contributed by atoms with Gasteiger partial charge in [0.2, 0.25) is 5.89 Å². The summed E-state index contributed by atoms with van der Waals surface area (Å²) >= 11 is 1.39. The number of carbonyl (C=O) groups excluding carboxylic acids is 1. The molecule has 0 aliphatic carbocycles. The number of carbonyl (C=O) groups is 1. The molecule has 0 aliphatic heterocycles. The van der Waals surface area contributed by atoms with Gasteiger partial charge in [-0.15, -0.1) is 0 Å². The van der Waals surface area contributed by atoms with E-state index in [2.05, 4.69) is 15.3 Å². The van der Waals surface area contributed by atoms with E-state index in [4.69, 9.17) is 8.83 Å². The second-order valence-corrected chi connectivity index (χ2v) is 6.53. The third-order valence-electron chi connectivity index (χ3n) is 3.69. The van der Waals surface area contributed by atoms with Crippen molar-refractivity contribution in [1.82, 2.24) is 15.3 Å². The summed E-state index contributed by atoms with van der Waals surface area (Å²) in [5.41, 5.74) is 2.99. The van der Waals surface area contributed by atoms with Gasteiger partial charge in [0.05, 0.1) is 5.75 Å². The van der Waals surface area contributed by atoms with Crippen LogP contribution in [-0.2, 0) is 5.75 Å². The minimum atomic E-state index is -0.221. The Hall–Kier alpha value is -2.28. The highest BCUT2D eigenvalue weighted by atomic mass is 32.2. The Morgan fingerprint density at radius 3 is 2.96 bits per heavy atom. The molecule has 2 heterocycles. The number of benzene rings is 1. The van der Waals surface area contributed by atoms with Crippen LogP contribution in [0.5, 0.6) is 0 Å². The fourth-order valence-corrected chi connectivity index (χ4v) is 2.82. The Labute approximate surface area is 144 Å². The van der Waals surface area contributed by atoms with Crippen molar-refractivity contribution in [2.75, 3.05) is 0 Å². The van der Waals surface area contributed by atoms with Gasteiger partial charge in [-0.2, -0.15) is 0 Å². The van der Waals surface area contributed by atoms with Crippen LogP contribution < -0.4 is 5.32 Å². The lowest BCUT2D eigenvalue weighted by atomic mass is 10.2. The van der Waals surface area contributed by atoms with Crippen molar-refractivity contribution in [2.24, 2.45) is 0 Å². The molecule has 3 aromatic rings. The minimum absolute atomic E-state index is 0.106. The number of hydrogen-bond acceptors (Lipinski definition) is 6. The molecule has 3 rings (SSSR count). The topological polar surface area (TPSA) is 81.2 Å². The Morgan fingerprint density at radius 1 is 1.38 bits per heavy atom. The predicted octanol–water partition coefficient (Wildman–Crippen LogP) is 3.94. The van der Waals surface area contributed by atoms with Crippen LogP contribution in [0.15, 0.2) is 38.5 Å². The molecule has 6 nitrogen and oxygen atoms in total. The third kappa shape index (κ3) is 3.62. The van der Waals surface area contributed by atoms with Crippen molar-refractivity contribution in [3.05, 3.63) is 41.6 Å². The number of nitrogens with one attached hydrogen (secondary N) is 1. The van der Waals surface area contributed by atoms with Gasteiger partial charge >= 0.3 is 0 Å². The normalized spacial score (nSPS) is 12.5. The number of nitrogens with zero attached hydrogens (tertiary/aromatic N) is 2. The van der Waals surface area contributed by atoms with E-state index in [1.54, 1.807) is 0 Å². The molecule has 0 spiro atoms. The van der Waals surface area contributed by atoms with E-state index in [0.29, 0.717) is 22.6 Å². The van der Waals surface area contributed by atoms with E-state index in [1.165, 1.54) is 18.0 Å². The Balaban J connectivity index is 1.64. The zero-order valence-electron chi connectivity index (χ0n) is 13.8. The molecular weight excluding hydrogens is 326 g/mol. The van der Waals surface area contributed by atoms with Gasteiger partial charge in [-0.3, -0.25) is 4.79 Å². The monoisotopic (exact) mass is 345 g/mol. The number of rotatable bonds is 6. The largest absolute Gasteiger partial charge is 0.447 e. The summed E-state index contributed by atoms with van der Waals surface area (Å²) in [4.78, 5) is 20.7. The number of oxazole rings is 2. The summed E-state index contributed by atoms with van der Waals surface area (Å²) in [7, 11) is 0. The fourth-order valence-electron chi connectivity index (χ4n) is 2.13. The van der Waals surface area contributed by atoms with Crippen LogP contribution in [0, 0.1) is 6.92 Å². The van der Waals surface area contributed by atoms with E-state index in [1.807, 2.05) is 39.0 Å². The second kappa shape index (κ2) is 7.09. The smallest absolute Gasteiger partial charge is 0.273 e. The molecule has 2 aromatic heterocycles. The van der Waals surface area contributed by atoms with Gasteiger partial charge in [0.15, 0.2) is 11.3 Å². The Bertz CT molecular complexity index is 856. The highest BCUT2D eigenvalue weighted by Crippen LogP contribution is 2.27. The number of fused-ring (bicyclic) bond motifs is 1. The summed E-state index contributed by atoms with van der Waals surface area (Å²) in [5.74, 6) is 0.692. The van der Waals surface area contributed by atoms with Gasteiger partial charge in [-0.05, 0) is 31.9 Å². The summed E-state index contributed by atoms with van der Waals surface area (Å²) in [6.07, 6.45) is 2.24. The Kier molecular flexibility index (Phi) is 4.89. The van der Waals surface area contributed by atoms with E-state index < -0.39 is 0 Å². The standard InChI is InChI=1S/C17H19N3O3S/c1-4-11(3)18-16(21)12-8-22-14(19-12)9-24-17-20-15-10(2)6-5-7-13(15)23-17/h5-8,11H,4,9H2,1-3H3,(H,18,21)/t11-/m1/s1. The van der Waals surface area contributed by atoms with Crippen LogP contribution in [0.3, 0.4) is 0 Å². The van der Waals surface area contributed by atoms with Gasteiger partial charge in [0.25, 0.3) is 11.1 Å². The quantitative estimate of drug-likeness (QED) is 0.681.